The number of carbonyl (C=O) groups excluding carboxylic acids is 8. The average molecular weight is 1260 g/mol. The number of fused-ring (bicyclic) bond motifs is 4. The monoisotopic (exact) mass is 1260 g/mol. The molecule has 23 heteroatoms. The summed E-state index contributed by atoms with van der Waals surface area (Å²) in [5.41, 5.74) is 7.19. The topological polar surface area (TPSA) is 281 Å². The van der Waals surface area contributed by atoms with Crippen molar-refractivity contribution in [1.29, 1.82) is 0 Å². The van der Waals surface area contributed by atoms with Crippen LogP contribution in [0.2, 0.25) is 0 Å². The molecule has 4 N–H and O–H groups in total. The Hall–Kier alpha value is -9.12. The molecule has 5 heterocycles. The van der Waals surface area contributed by atoms with Crippen molar-refractivity contribution in [3.8, 4) is 23.0 Å². The molecule has 0 radical (unpaired) electrons. The van der Waals surface area contributed by atoms with E-state index in [1.807, 2.05) is 87.9 Å². The van der Waals surface area contributed by atoms with Gasteiger partial charge >= 0.3 is 5.97 Å². The van der Waals surface area contributed by atoms with Crippen molar-refractivity contribution in [2.75, 3.05) is 45.0 Å². The standard InChI is InChI=1S/C68H78N8O14S/c1-39(2)63(73-61(79)14-10-8-11-23-74-62(80)33-60(67(74)84)91-38-55(68(85)86)71-42(5)77)56(78)27-41(4)64(81)72-47-19-15-43(16-20-47)45-28-49-35-70-54-32-59(58(88-7)30-52(54)66(83)76(49)36-45)90-25-13-9-12-24-89-57-31-53-51(26-40(57)3)65(82)75-37-46(29-48(75)34-69-53)44-17-21-50(87-6)22-18-44/h15-22,26,30-32,34-37,39,41,48-49,55,60,63H,8-14,23-25,27-29,33,38H2,1-7H3,(H,71,77)(H,72,81)(H,73,79)(H,85,86)/t41-,48+,49+,55+,60?,63+/m1/s1. The number of rotatable bonds is 30. The summed E-state index contributed by atoms with van der Waals surface area (Å²) < 4.78 is 23.4. The summed E-state index contributed by atoms with van der Waals surface area (Å²) in [5, 5.41) is 16.7. The van der Waals surface area contributed by atoms with Gasteiger partial charge in [0.05, 0.1) is 73.3 Å². The number of likely N-dealkylation sites (tertiary alicyclic amines) is 1. The second-order valence-corrected chi connectivity index (χ2v) is 24.9. The number of carbonyl (C=O) groups is 9. The molecular weight excluding hydrogens is 1180 g/mol. The summed E-state index contributed by atoms with van der Waals surface area (Å²) in [6.45, 7) is 9.43. The van der Waals surface area contributed by atoms with E-state index in [9.17, 15) is 48.3 Å². The zero-order chi connectivity index (χ0) is 65.0. The van der Waals surface area contributed by atoms with Crippen LogP contribution in [0.5, 0.6) is 23.0 Å². The Bertz CT molecular complexity index is 3580. The van der Waals surface area contributed by atoms with E-state index < -0.39 is 41.0 Å². The maximum absolute atomic E-state index is 14.1. The van der Waals surface area contributed by atoms with E-state index in [0.717, 1.165) is 69.5 Å². The summed E-state index contributed by atoms with van der Waals surface area (Å²) in [6, 6.07) is 19.6. The lowest BCUT2D eigenvalue weighted by Gasteiger charge is -2.23. The molecule has 480 valence electrons. The number of hydrogen-bond acceptors (Lipinski definition) is 16. The first-order chi connectivity index (χ1) is 43.7. The summed E-state index contributed by atoms with van der Waals surface area (Å²) in [5.74, 6) is -2.53. The number of Topliss-reactive ketones (excluding diaryl/α,β-unsaturated/α-hetero) is 1. The Morgan fingerprint density at radius 2 is 1.27 bits per heavy atom. The Morgan fingerprint density at radius 3 is 1.86 bits per heavy atom. The van der Waals surface area contributed by atoms with Crippen LogP contribution in [0.3, 0.4) is 0 Å². The average Bonchev–Trinajstić information content (AvgIpc) is 1.76. The van der Waals surface area contributed by atoms with Crippen LogP contribution in [0.1, 0.15) is 136 Å². The zero-order valence-corrected chi connectivity index (χ0v) is 53.1. The molecule has 4 aromatic carbocycles. The smallest absolute Gasteiger partial charge is 0.327 e. The summed E-state index contributed by atoms with van der Waals surface area (Å²) in [4.78, 5) is 130. The zero-order valence-electron chi connectivity index (χ0n) is 52.3. The highest BCUT2D eigenvalue weighted by Gasteiger charge is 2.40. The van der Waals surface area contributed by atoms with Gasteiger partial charge in [0.15, 0.2) is 17.3 Å². The highest BCUT2D eigenvalue weighted by molar-refractivity contribution is 8.00. The molecule has 6 atom stereocenters. The van der Waals surface area contributed by atoms with Gasteiger partial charge in [-0.15, -0.1) is 11.8 Å². The molecule has 0 aliphatic carbocycles. The van der Waals surface area contributed by atoms with Gasteiger partial charge in [0.1, 0.15) is 17.5 Å². The SMILES string of the molecule is COc1ccc(C2=CN3C(=O)c4cc(C)c(OCCCCCOc5cc6c(cc5OC)C(=O)N5C=C(c7ccc(NC(=O)[C@H](C)CC(=O)[C@@H](NC(=O)CCCCCN8C(=O)CC(SC[C@H](NC(C)=O)C(=O)O)C8=O)C(C)C)cc7)C[C@H]5C=N6)cc4N=C[C@@H]3C2)cc1. The number of anilines is 1. The number of carboxylic acids is 1. The number of aliphatic imine (C=N–C) groups is 2. The Labute approximate surface area is 533 Å². The van der Waals surface area contributed by atoms with Crippen LogP contribution in [-0.4, -0.2) is 154 Å². The lowest BCUT2D eigenvalue weighted by atomic mass is 9.92. The van der Waals surface area contributed by atoms with Gasteiger partial charge in [0.25, 0.3) is 11.8 Å². The molecule has 5 aliphatic heterocycles. The molecule has 1 fully saturated rings. The summed E-state index contributed by atoms with van der Waals surface area (Å²) in [7, 11) is 3.16. The van der Waals surface area contributed by atoms with Gasteiger partial charge in [0, 0.05) is 99.9 Å². The second kappa shape index (κ2) is 30.1. The number of hydrogen-bond donors (Lipinski definition) is 4. The van der Waals surface area contributed by atoms with Gasteiger partial charge in [-0.05, 0) is 109 Å². The molecule has 5 aliphatic rings. The van der Waals surface area contributed by atoms with Crippen LogP contribution in [0.15, 0.2) is 95.2 Å². The summed E-state index contributed by atoms with van der Waals surface area (Å²) in [6.07, 6.45) is 12.2. The fourth-order valence-corrected chi connectivity index (χ4v) is 12.7. The van der Waals surface area contributed by atoms with Crippen LogP contribution < -0.4 is 34.9 Å². The number of ketones is 1. The third-order valence-corrected chi connectivity index (χ3v) is 17.9. The third-order valence-electron chi connectivity index (χ3n) is 16.6. The minimum atomic E-state index is -1.24. The normalized spacial score (nSPS) is 18.2. The molecule has 0 spiro atoms. The molecule has 1 saturated heterocycles. The van der Waals surface area contributed by atoms with E-state index >= 15 is 0 Å². The number of aryl methyl sites for hydroxylation is 1. The minimum absolute atomic E-state index is 0.0644. The molecule has 4 aromatic rings. The molecule has 0 aromatic heterocycles. The van der Waals surface area contributed by atoms with Crippen LogP contribution in [-0.2, 0) is 33.6 Å². The van der Waals surface area contributed by atoms with Crippen molar-refractivity contribution in [1.82, 2.24) is 25.3 Å². The number of amides is 7. The lowest BCUT2D eigenvalue weighted by Crippen LogP contribution is -2.45. The Balaban J connectivity index is 0.683. The number of carboxylic acid groups (broad SMARTS) is 1. The predicted octanol–water partition coefficient (Wildman–Crippen LogP) is 9.27. The van der Waals surface area contributed by atoms with Crippen LogP contribution in [0, 0.1) is 18.8 Å². The number of benzene rings is 4. The largest absolute Gasteiger partial charge is 0.497 e. The molecule has 0 bridgehead atoms. The third kappa shape index (κ3) is 16.3. The first kappa shape index (κ1) is 66.3. The fraction of sp³-hybridized carbons (Fsp3) is 0.426. The second-order valence-electron chi connectivity index (χ2n) is 23.7. The van der Waals surface area contributed by atoms with Gasteiger partial charge in [-0.1, -0.05) is 51.5 Å². The summed E-state index contributed by atoms with van der Waals surface area (Å²) >= 11 is 1.02. The number of nitrogens with zero attached hydrogens (tertiary/aromatic N) is 5. The lowest BCUT2D eigenvalue weighted by molar-refractivity contribution is -0.141. The molecule has 9 rings (SSSR count). The van der Waals surface area contributed by atoms with Crippen LogP contribution in [0.25, 0.3) is 11.1 Å². The molecule has 91 heavy (non-hydrogen) atoms. The highest BCUT2D eigenvalue weighted by atomic mass is 32.2. The Morgan fingerprint density at radius 1 is 0.692 bits per heavy atom. The number of imide groups is 1. The van der Waals surface area contributed by atoms with E-state index in [0.29, 0.717) is 90.8 Å². The number of unbranched alkanes of at least 4 members (excludes halogenated alkanes) is 4. The molecule has 22 nitrogen and oxygen atoms in total. The molecular formula is C68H78N8O14S. The minimum Gasteiger partial charge on any atom is -0.497 e. The predicted molar refractivity (Wildman–Crippen MR) is 345 cm³/mol. The van der Waals surface area contributed by atoms with E-state index in [2.05, 4.69) is 16.0 Å². The van der Waals surface area contributed by atoms with Crippen molar-refractivity contribution in [2.45, 2.75) is 135 Å². The first-order valence-electron chi connectivity index (χ1n) is 30.8. The van der Waals surface area contributed by atoms with Gasteiger partial charge < -0.3 is 49.8 Å². The first-order valence-corrected chi connectivity index (χ1v) is 31.9. The Kier molecular flexibility index (Phi) is 22.0. The maximum atomic E-state index is 14.1. The quantitative estimate of drug-likeness (QED) is 0.0280. The van der Waals surface area contributed by atoms with Gasteiger partial charge in [-0.3, -0.25) is 53.2 Å². The maximum Gasteiger partial charge on any atom is 0.327 e. The van der Waals surface area contributed by atoms with E-state index in [4.69, 9.17) is 28.9 Å². The van der Waals surface area contributed by atoms with E-state index in [1.165, 1.54) is 14.0 Å². The van der Waals surface area contributed by atoms with Crippen molar-refractivity contribution in [3.63, 3.8) is 0 Å². The van der Waals surface area contributed by atoms with Crippen LogP contribution >= 0.6 is 11.8 Å². The number of ether oxygens (including phenoxy) is 4. The number of thioether (sulfide) groups is 1. The number of aliphatic carboxylic acids is 1. The van der Waals surface area contributed by atoms with Gasteiger partial charge in [0.2, 0.25) is 29.5 Å². The number of methoxy groups -OCH3 is 2. The van der Waals surface area contributed by atoms with E-state index in [-0.39, 0.29) is 84.9 Å². The van der Waals surface area contributed by atoms with Crippen LogP contribution in [0.4, 0.5) is 17.1 Å². The van der Waals surface area contributed by atoms with Crippen molar-refractivity contribution >= 4 is 106 Å². The number of nitrogens with one attached hydrogen (secondary N) is 3. The molecule has 1 unspecified atom stereocenters. The fourth-order valence-electron chi connectivity index (χ4n) is 11.5. The van der Waals surface area contributed by atoms with Gasteiger partial charge in [-0.2, -0.15) is 0 Å². The van der Waals surface area contributed by atoms with Crippen molar-refractivity contribution in [3.05, 3.63) is 113 Å². The van der Waals surface area contributed by atoms with Gasteiger partial charge in [-0.25, -0.2) is 4.79 Å². The van der Waals surface area contributed by atoms with Crippen molar-refractivity contribution in [2.24, 2.45) is 21.8 Å². The molecule has 0 saturated carbocycles. The van der Waals surface area contributed by atoms with E-state index in [1.54, 1.807) is 54.3 Å². The van der Waals surface area contributed by atoms with Crippen molar-refractivity contribution < 1.29 is 67.2 Å². The highest BCUT2D eigenvalue weighted by Crippen LogP contribution is 2.41. The molecule has 7 amide bonds.